The molecule has 1 N–H and O–H groups in total. The molecule has 3 aromatic rings. The predicted molar refractivity (Wildman–Crippen MR) is 105 cm³/mol. The van der Waals surface area contributed by atoms with Crippen LogP contribution in [0.5, 0.6) is 0 Å². The standard InChI is InChI=1S/C19H19N5O3S/c1-9(2)8-23-16(26)13-6-5-12(7-14(13)17(23)27)15(25)20-18-21-19-24(22-18)10(3)11(4)28-19/h5-7,9H,8H2,1-4H3,(H,20,22,25). The second-order valence-electron chi connectivity index (χ2n) is 7.20. The molecule has 0 bridgehead atoms. The van der Waals surface area contributed by atoms with Gasteiger partial charge in [0.1, 0.15) is 0 Å². The average Bonchev–Trinajstić information content (AvgIpc) is 3.23. The summed E-state index contributed by atoms with van der Waals surface area (Å²) in [5.41, 5.74) is 1.83. The Morgan fingerprint density at radius 1 is 1.18 bits per heavy atom. The molecule has 144 valence electrons. The van der Waals surface area contributed by atoms with Crippen molar-refractivity contribution < 1.29 is 14.4 Å². The lowest BCUT2D eigenvalue weighted by Gasteiger charge is -2.15. The fourth-order valence-corrected chi connectivity index (χ4v) is 4.04. The number of carbonyl (C=O) groups is 3. The zero-order valence-electron chi connectivity index (χ0n) is 15.9. The number of benzene rings is 1. The third kappa shape index (κ3) is 2.88. The van der Waals surface area contributed by atoms with Crippen LogP contribution in [0.2, 0.25) is 0 Å². The Morgan fingerprint density at radius 3 is 2.57 bits per heavy atom. The lowest BCUT2D eigenvalue weighted by atomic mass is 10.1. The molecular formula is C19H19N5O3S. The molecule has 0 fully saturated rings. The molecule has 0 saturated carbocycles. The second kappa shape index (κ2) is 6.52. The van der Waals surface area contributed by atoms with Gasteiger partial charge < -0.3 is 0 Å². The van der Waals surface area contributed by atoms with Gasteiger partial charge in [-0.15, -0.1) is 5.10 Å². The minimum atomic E-state index is -0.432. The van der Waals surface area contributed by atoms with Crippen LogP contribution in [0.3, 0.4) is 0 Å². The molecule has 4 rings (SSSR count). The highest BCUT2D eigenvalue weighted by molar-refractivity contribution is 7.17. The van der Waals surface area contributed by atoms with Crippen LogP contribution < -0.4 is 5.32 Å². The number of fused-ring (bicyclic) bond motifs is 2. The molecule has 9 heteroatoms. The smallest absolute Gasteiger partial charge is 0.261 e. The summed E-state index contributed by atoms with van der Waals surface area (Å²) in [4.78, 5) is 45.0. The molecule has 0 saturated heterocycles. The number of hydrogen-bond acceptors (Lipinski definition) is 6. The number of nitrogens with one attached hydrogen (secondary N) is 1. The van der Waals surface area contributed by atoms with Gasteiger partial charge in [0, 0.05) is 17.0 Å². The molecule has 0 spiro atoms. The summed E-state index contributed by atoms with van der Waals surface area (Å²) in [5, 5.41) is 6.95. The van der Waals surface area contributed by atoms with Crippen LogP contribution in [0.4, 0.5) is 5.95 Å². The van der Waals surface area contributed by atoms with E-state index in [1.165, 1.54) is 34.4 Å². The third-order valence-electron chi connectivity index (χ3n) is 4.65. The van der Waals surface area contributed by atoms with Crippen molar-refractivity contribution in [2.75, 3.05) is 11.9 Å². The summed E-state index contributed by atoms with van der Waals surface area (Å²) < 4.78 is 1.68. The zero-order chi connectivity index (χ0) is 20.2. The van der Waals surface area contributed by atoms with E-state index in [4.69, 9.17) is 0 Å². The first-order chi connectivity index (χ1) is 13.3. The first kappa shape index (κ1) is 18.3. The maximum Gasteiger partial charge on any atom is 0.261 e. The maximum absolute atomic E-state index is 12.6. The SMILES string of the molecule is Cc1sc2nc(NC(=O)c3ccc4c(c3)C(=O)N(CC(C)C)C4=O)nn2c1C. The van der Waals surface area contributed by atoms with Gasteiger partial charge in [0.05, 0.1) is 16.8 Å². The second-order valence-corrected chi connectivity index (χ2v) is 8.38. The minimum Gasteiger partial charge on any atom is -0.289 e. The van der Waals surface area contributed by atoms with Crippen molar-refractivity contribution in [3.63, 3.8) is 0 Å². The van der Waals surface area contributed by atoms with Crippen LogP contribution in [0.25, 0.3) is 4.96 Å². The molecule has 1 aliphatic rings. The van der Waals surface area contributed by atoms with Crippen LogP contribution in [0, 0.1) is 19.8 Å². The minimum absolute atomic E-state index is 0.165. The number of aromatic nitrogens is 3. The quantitative estimate of drug-likeness (QED) is 0.683. The summed E-state index contributed by atoms with van der Waals surface area (Å²) in [6, 6.07) is 4.52. The van der Waals surface area contributed by atoms with Gasteiger partial charge in [0.25, 0.3) is 23.7 Å². The van der Waals surface area contributed by atoms with Crippen molar-refractivity contribution in [3.8, 4) is 0 Å². The van der Waals surface area contributed by atoms with Crippen molar-refractivity contribution in [1.29, 1.82) is 0 Å². The summed E-state index contributed by atoms with van der Waals surface area (Å²) in [6.07, 6.45) is 0. The Hall–Kier alpha value is -3.07. The largest absolute Gasteiger partial charge is 0.289 e. The van der Waals surface area contributed by atoms with Gasteiger partial charge in [-0.3, -0.25) is 24.6 Å². The molecule has 3 amide bonds. The molecule has 8 nitrogen and oxygen atoms in total. The number of nitrogens with zero attached hydrogens (tertiary/aromatic N) is 4. The Morgan fingerprint density at radius 2 is 1.89 bits per heavy atom. The number of aryl methyl sites for hydroxylation is 2. The van der Waals surface area contributed by atoms with Gasteiger partial charge in [-0.2, -0.15) is 4.98 Å². The van der Waals surface area contributed by atoms with Gasteiger partial charge in [0.15, 0.2) is 0 Å². The third-order valence-corrected chi connectivity index (χ3v) is 5.70. The van der Waals surface area contributed by atoms with Crippen LogP contribution in [0.1, 0.15) is 55.5 Å². The van der Waals surface area contributed by atoms with E-state index in [2.05, 4.69) is 15.4 Å². The zero-order valence-corrected chi connectivity index (χ0v) is 16.8. The maximum atomic E-state index is 12.6. The Kier molecular flexibility index (Phi) is 4.26. The number of hydrogen-bond donors (Lipinski definition) is 1. The summed E-state index contributed by atoms with van der Waals surface area (Å²) in [7, 11) is 0. The van der Waals surface area contributed by atoms with E-state index in [0.717, 1.165) is 10.6 Å². The van der Waals surface area contributed by atoms with Crippen LogP contribution in [-0.4, -0.2) is 43.8 Å². The fraction of sp³-hybridized carbons (Fsp3) is 0.316. The number of imide groups is 1. The molecule has 1 aliphatic heterocycles. The number of thiazole rings is 1. The van der Waals surface area contributed by atoms with E-state index in [1.54, 1.807) is 4.52 Å². The summed E-state index contributed by atoms with van der Waals surface area (Å²) in [6.45, 7) is 8.15. The molecule has 2 aromatic heterocycles. The van der Waals surface area contributed by atoms with E-state index < -0.39 is 5.91 Å². The van der Waals surface area contributed by atoms with Crippen molar-refractivity contribution in [1.82, 2.24) is 19.5 Å². The number of carbonyl (C=O) groups excluding carboxylic acids is 3. The predicted octanol–water partition coefficient (Wildman–Crippen LogP) is 2.91. The molecule has 0 aliphatic carbocycles. The Balaban J connectivity index is 1.58. The van der Waals surface area contributed by atoms with Gasteiger partial charge in [-0.25, -0.2) is 4.52 Å². The first-order valence-corrected chi connectivity index (χ1v) is 9.72. The molecule has 0 atom stereocenters. The normalized spacial score (nSPS) is 13.7. The molecule has 0 unspecified atom stereocenters. The van der Waals surface area contributed by atoms with E-state index >= 15 is 0 Å². The van der Waals surface area contributed by atoms with Crippen molar-refractivity contribution in [3.05, 3.63) is 45.5 Å². The van der Waals surface area contributed by atoms with Crippen molar-refractivity contribution >= 4 is 40.0 Å². The molecule has 0 radical (unpaired) electrons. The Bertz CT molecular complexity index is 1140. The topological polar surface area (TPSA) is 96.7 Å². The lowest BCUT2D eigenvalue weighted by molar-refractivity contribution is 0.0636. The van der Waals surface area contributed by atoms with E-state index in [0.29, 0.717) is 17.1 Å². The summed E-state index contributed by atoms with van der Waals surface area (Å²) >= 11 is 1.49. The number of amides is 3. The van der Waals surface area contributed by atoms with Crippen LogP contribution in [0.15, 0.2) is 18.2 Å². The van der Waals surface area contributed by atoms with Crippen LogP contribution >= 0.6 is 11.3 Å². The summed E-state index contributed by atoms with van der Waals surface area (Å²) in [5.74, 6) is -0.753. The van der Waals surface area contributed by atoms with Gasteiger partial charge >= 0.3 is 0 Å². The molecule has 28 heavy (non-hydrogen) atoms. The van der Waals surface area contributed by atoms with E-state index in [1.807, 2.05) is 27.7 Å². The molecular weight excluding hydrogens is 378 g/mol. The molecule has 3 heterocycles. The lowest BCUT2D eigenvalue weighted by Crippen LogP contribution is -2.33. The van der Waals surface area contributed by atoms with Crippen LogP contribution in [-0.2, 0) is 0 Å². The fourth-order valence-electron chi connectivity index (χ4n) is 3.13. The van der Waals surface area contributed by atoms with Crippen molar-refractivity contribution in [2.24, 2.45) is 5.92 Å². The van der Waals surface area contributed by atoms with E-state index in [-0.39, 0.29) is 34.8 Å². The highest BCUT2D eigenvalue weighted by atomic mass is 32.1. The Labute approximate surface area is 165 Å². The van der Waals surface area contributed by atoms with Gasteiger partial charge in [0.2, 0.25) is 4.96 Å². The monoisotopic (exact) mass is 397 g/mol. The molecule has 1 aromatic carbocycles. The first-order valence-electron chi connectivity index (χ1n) is 8.90. The van der Waals surface area contributed by atoms with Gasteiger partial charge in [-0.1, -0.05) is 25.2 Å². The number of rotatable bonds is 4. The number of anilines is 1. The van der Waals surface area contributed by atoms with Crippen molar-refractivity contribution in [2.45, 2.75) is 27.7 Å². The van der Waals surface area contributed by atoms with E-state index in [9.17, 15) is 14.4 Å². The highest BCUT2D eigenvalue weighted by Crippen LogP contribution is 2.26. The average molecular weight is 397 g/mol. The highest BCUT2D eigenvalue weighted by Gasteiger charge is 2.36. The van der Waals surface area contributed by atoms with Gasteiger partial charge in [-0.05, 0) is 38.0 Å².